The van der Waals surface area contributed by atoms with Crippen LogP contribution in [0.5, 0.6) is 0 Å². The molecule has 112 valence electrons. The van der Waals surface area contributed by atoms with E-state index in [0.717, 1.165) is 13.0 Å². The number of nitrogens with one attached hydrogen (secondary N) is 1. The van der Waals surface area contributed by atoms with Gasteiger partial charge in [0, 0.05) is 17.8 Å². The Labute approximate surface area is 136 Å². The first kappa shape index (κ1) is 16.1. The molecular weight excluding hydrogens is 300 g/mol. The molecule has 0 fully saturated rings. The van der Waals surface area contributed by atoms with E-state index < -0.39 is 0 Å². The predicted octanol–water partition coefficient (Wildman–Crippen LogP) is 4.82. The Kier molecular flexibility index (Phi) is 6.27. The minimum atomic E-state index is 0. The molecule has 1 atom stereocenters. The summed E-state index contributed by atoms with van der Waals surface area (Å²) in [6.07, 6.45) is 4.84. The molecule has 3 rings (SSSR count). The lowest BCUT2D eigenvalue weighted by Crippen LogP contribution is -2.28. The number of halogens is 1. The molecule has 0 spiro atoms. The third kappa shape index (κ3) is 4.32. The summed E-state index contributed by atoms with van der Waals surface area (Å²) < 4.78 is 0. The first-order valence-corrected chi connectivity index (χ1v) is 8.19. The topological polar surface area (TPSA) is 24.4 Å². The molecule has 0 radical (unpaired) electrons. The number of hydrogen-bond acceptors (Lipinski definition) is 3. The molecule has 0 aliphatic carbocycles. The molecule has 21 heavy (non-hydrogen) atoms. The summed E-state index contributed by atoms with van der Waals surface area (Å²) in [5.41, 5.74) is 1.31. The van der Waals surface area contributed by atoms with Gasteiger partial charge in [0.25, 0.3) is 0 Å². The minimum absolute atomic E-state index is 0. The van der Waals surface area contributed by atoms with Gasteiger partial charge in [-0.3, -0.25) is 4.99 Å². The molecule has 1 aromatic heterocycles. The molecular formula is C17H21ClN2S. The molecule has 0 saturated heterocycles. The zero-order chi connectivity index (χ0) is 13.6. The van der Waals surface area contributed by atoms with E-state index in [4.69, 9.17) is 4.99 Å². The van der Waals surface area contributed by atoms with Crippen LogP contribution in [-0.4, -0.2) is 12.4 Å². The quantitative estimate of drug-likeness (QED) is 0.861. The second-order valence-corrected chi connectivity index (χ2v) is 6.12. The summed E-state index contributed by atoms with van der Waals surface area (Å²) in [4.78, 5) is 6.06. The maximum atomic E-state index is 4.71. The number of benzene rings is 1. The third-order valence-electron chi connectivity index (χ3n) is 3.65. The van der Waals surface area contributed by atoms with Gasteiger partial charge in [0.1, 0.15) is 0 Å². The van der Waals surface area contributed by atoms with Crippen LogP contribution < -0.4 is 5.32 Å². The number of thiophene rings is 1. The molecule has 1 aromatic carbocycles. The standard InChI is InChI=1S/C17H20N2S.ClH/c1-3-8-14(9-4-1)17(15-10-7-13-20-15)19-16-11-5-2-6-12-18-16;/h1,3-4,7-10,13,17H,2,5-6,11-12H2,(H,18,19);1H. The van der Waals surface area contributed by atoms with E-state index in [1.807, 2.05) is 0 Å². The fourth-order valence-electron chi connectivity index (χ4n) is 2.58. The second kappa shape index (κ2) is 8.20. The van der Waals surface area contributed by atoms with E-state index in [-0.39, 0.29) is 18.4 Å². The third-order valence-corrected chi connectivity index (χ3v) is 4.58. The van der Waals surface area contributed by atoms with Crippen molar-refractivity contribution in [3.8, 4) is 0 Å². The average molecular weight is 321 g/mol. The largest absolute Gasteiger partial charge is 0.362 e. The molecule has 0 saturated carbocycles. The number of rotatable bonds is 3. The molecule has 2 nitrogen and oxygen atoms in total. The lowest BCUT2D eigenvalue weighted by atomic mass is 10.0. The molecule has 1 N–H and O–H groups in total. The van der Waals surface area contributed by atoms with Gasteiger partial charge < -0.3 is 5.32 Å². The predicted molar refractivity (Wildman–Crippen MR) is 93.8 cm³/mol. The van der Waals surface area contributed by atoms with Gasteiger partial charge in [-0.1, -0.05) is 42.8 Å². The first-order valence-electron chi connectivity index (χ1n) is 7.32. The smallest absolute Gasteiger partial charge is 0.0970 e. The van der Waals surface area contributed by atoms with E-state index in [2.05, 4.69) is 53.2 Å². The minimum Gasteiger partial charge on any atom is -0.362 e. The van der Waals surface area contributed by atoms with E-state index in [1.54, 1.807) is 11.3 Å². The molecule has 1 aliphatic rings. The van der Waals surface area contributed by atoms with Crippen LogP contribution in [-0.2, 0) is 0 Å². The Morgan fingerprint density at radius 3 is 2.62 bits per heavy atom. The average Bonchev–Trinajstić information content (AvgIpc) is 2.90. The van der Waals surface area contributed by atoms with Crippen LogP contribution in [0.3, 0.4) is 0 Å². The highest BCUT2D eigenvalue weighted by atomic mass is 35.5. The van der Waals surface area contributed by atoms with Gasteiger partial charge in [-0.05, 0) is 29.9 Å². The van der Waals surface area contributed by atoms with Gasteiger partial charge in [0.2, 0.25) is 0 Å². The van der Waals surface area contributed by atoms with Crippen LogP contribution in [0.1, 0.15) is 42.2 Å². The summed E-state index contributed by atoms with van der Waals surface area (Å²) in [6.45, 7) is 0.967. The van der Waals surface area contributed by atoms with Gasteiger partial charge in [-0.25, -0.2) is 0 Å². The fourth-order valence-corrected chi connectivity index (χ4v) is 3.38. The van der Waals surface area contributed by atoms with Gasteiger partial charge in [-0.2, -0.15) is 0 Å². The SMILES string of the molecule is Cl.c1ccc(C(NC2=NCCCCC2)c2cccs2)cc1. The Morgan fingerprint density at radius 1 is 1.00 bits per heavy atom. The van der Waals surface area contributed by atoms with Crippen molar-refractivity contribution in [1.29, 1.82) is 0 Å². The Hall–Kier alpha value is -1.32. The number of nitrogens with zero attached hydrogens (tertiary/aromatic N) is 1. The van der Waals surface area contributed by atoms with Crippen molar-refractivity contribution in [2.24, 2.45) is 4.99 Å². The van der Waals surface area contributed by atoms with Crippen molar-refractivity contribution in [3.05, 3.63) is 58.3 Å². The molecule has 1 aliphatic heterocycles. The molecule has 1 unspecified atom stereocenters. The summed E-state index contributed by atoms with van der Waals surface area (Å²) in [7, 11) is 0. The Bertz CT molecular complexity index is 551. The van der Waals surface area contributed by atoms with Gasteiger partial charge in [-0.15, -0.1) is 23.7 Å². The summed E-state index contributed by atoms with van der Waals surface area (Å²) in [6, 6.07) is 15.2. The zero-order valence-corrected chi connectivity index (χ0v) is 13.6. The number of amidine groups is 1. The van der Waals surface area contributed by atoms with Crippen LogP contribution in [0.15, 0.2) is 52.8 Å². The lowest BCUT2D eigenvalue weighted by molar-refractivity contribution is 0.720. The van der Waals surface area contributed by atoms with Crippen LogP contribution >= 0.6 is 23.7 Å². The molecule has 0 amide bonds. The molecule has 4 heteroatoms. The van der Waals surface area contributed by atoms with Crippen molar-refractivity contribution < 1.29 is 0 Å². The summed E-state index contributed by atoms with van der Waals surface area (Å²) >= 11 is 1.80. The second-order valence-electron chi connectivity index (χ2n) is 5.14. The molecule has 2 aromatic rings. The van der Waals surface area contributed by atoms with Gasteiger partial charge in [0.15, 0.2) is 0 Å². The summed E-state index contributed by atoms with van der Waals surface area (Å²) in [5.74, 6) is 1.17. The lowest BCUT2D eigenvalue weighted by Gasteiger charge is -2.20. The van der Waals surface area contributed by atoms with Crippen LogP contribution in [0.4, 0.5) is 0 Å². The van der Waals surface area contributed by atoms with Crippen molar-refractivity contribution in [3.63, 3.8) is 0 Å². The van der Waals surface area contributed by atoms with Gasteiger partial charge in [0.05, 0.1) is 11.9 Å². The van der Waals surface area contributed by atoms with Gasteiger partial charge >= 0.3 is 0 Å². The van der Waals surface area contributed by atoms with E-state index in [1.165, 1.54) is 35.5 Å². The number of aliphatic imine (C=N–C) groups is 1. The maximum absolute atomic E-state index is 4.71. The maximum Gasteiger partial charge on any atom is 0.0970 e. The highest BCUT2D eigenvalue weighted by Crippen LogP contribution is 2.26. The number of hydrogen-bond donors (Lipinski definition) is 1. The monoisotopic (exact) mass is 320 g/mol. The van der Waals surface area contributed by atoms with E-state index >= 15 is 0 Å². The van der Waals surface area contributed by atoms with Crippen LogP contribution in [0, 0.1) is 0 Å². The summed E-state index contributed by atoms with van der Waals surface area (Å²) in [5, 5.41) is 5.82. The Morgan fingerprint density at radius 2 is 1.86 bits per heavy atom. The van der Waals surface area contributed by atoms with Crippen LogP contribution in [0.2, 0.25) is 0 Å². The van der Waals surface area contributed by atoms with E-state index in [9.17, 15) is 0 Å². The van der Waals surface area contributed by atoms with Crippen molar-refractivity contribution in [2.45, 2.75) is 31.7 Å². The van der Waals surface area contributed by atoms with Crippen molar-refractivity contribution in [2.75, 3.05) is 6.54 Å². The highest BCUT2D eigenvalue weighted by molar-refractivity contribution is 7.10. The Balaban J connectivity index is 0.00000161. The van der Waals surface area contributed by atoms with Crippen molar-refractivity contribution in [1.82, 2.24) is 5.32 Å². The highest BCUT2D eigenvalue weighted by Gasteiger charge is 2.17. The van der Waals surface area contributed by atoms with Crippen molar-refractivity contribution >= 4 is 29.6 Å². The van der Waals surface area contributed by atoms with Crippen LogP contribution in [0.25, 0.3) is 0 Å². The molecule has 2 heterocycles. The normalized spacial score (nSPS) is 16.3. The molecule has 0 bridgehead atoms. The first-order chi connectivity index (χ1) is 9.93. The fraction of sp³-hybridized carbons (Fsp3) is 0.353. The van der Waals surface area contributed by atoms with E-state index in [0.29, 0.717) is 0 Å². The zero-order valence-electron chi connectivity index (χ0n) is 12.0.